The fraction of sp³-hybridized carbons (Fsp3) is 0.650. The van der Waals surface area contributed by atoms with Crippen molar-refractivity contribution >= 4 is 26.1 Å². The maximum absolute atomic E-state index is 13.5. The number of rotatable bonds is 4. The number of nitrogens with zero attached hydrogens (tertiary/aromatic N) is 2. The average molecular weight is 474 g/mol. The summed E-state index contributed by atoms with van der Waals surface area (Å²) < 4.78 is 57.4. The zero-order valence-corrected chi connectivity index (χ0v) is 19.8. The zero-order valence-electron chi connectivity index (χ0n) is 18.2. The van der Waals surface area contributed by atoms with Crippen molar-refractivity contribution in [1.29, 1.82) is 0 Å². The number of benzene rings is 1. The molecule has 0 bridgehead atoms. The molecule has 0 radical (unpaired) electrons. The van der Waals surface area contributed by atoms with E-state index in [1.807, 2.05) is 0 Å². The van der Waals surface area contributed by atoms with Gasteiger partial charge in [-0.25, -0.2) is 26.8 Å². The van der Waals surface area contributed by atoms with E-state index < -0.39 is 37.8 Å². The van der Waals surface area contributed by atoms with Crippen LogP contribution in [0, 0.1) is 0 Å². The molecule has 2 heterocycles. The fourth-order valence-electron chi connectivity index (χ4n) is 4.30. The molecule has 2 aliphatic rings. The number of piperidine rings is 1. The highest BCUT2D eigenvalue weighted by Crippen LogP contribution is 2.34. The van der Waals surface area contributed by atoms with Gasteiger partial charge in [-0.05, 0) is 64.7 Å². The van der Waals surface area contributed by atoms with Crippen LogP contribution in [0.15, 0.2) is 34.1 Å². The van der Waals surface area contributed by atoms with E-state index in [0.717, 1.165) is 18.9 Å². The molecule has 0 spiro atoms. The van der Waals surface area contributed by atoms with Crippen LogP contribution in [0.25, 0.3) is 0 Å². The molecule has 1 amide bonds. The predicted octanol–water partition coefficient (Wildman–Crippen LogP) is 2.28. The molecule has 2 aliphatic heterocycles. The summed E-state index contributed by atoms with van der Waals surface area (Å²) >= 11 is 0. The summed E-state index contributed by atoms with van der Waals surface area (Å²) in [5.41, 5.74) is -0.642. The van der Waals surface area contributed by atoms with Gasteiger partial charge in [-0.15, -0.1) is 0 Å². The summed E-state index contributed by atoms with van der Waals surface area (Å²) in [7, 11) is -8.02. The maximum Gasteiger partial charge on any atom is 0.410 e. The highest BCUT2D eigenvalue weighted by atomic mass is 32.2. The van der Waals surface area contributed by atoms with E-state index in [2.05, 4.69) is 0 Å². The second-order valence-corrected chi connectivity index (χ2v) is 12.5. The van der Waals surface area contributed by atoms with E-state index in [1.165, 1.54) is 22.5 Å². The van der Waals surface area contributed by atoms with Crippen LogP contribution in [0.3, 0.4) is 0 Å². The Balaban J connectivity index is 1.92. The fourth-order valence-corrected chi connectivity index (χ4v) is 6.70. The first-order chi connectivity index (χ1) is 14.3. The van der Waals surface area contributed by atoms with Crippen LogP contribution in [0.5, 0.6) is 0 Å². The molecule has 2 saturated heterocycles. The highest BCUT2D eigenvalue weighted by Gasteiger charge is 2.44. The van der Waals surface area contributed by atoms with Crippen LogP contribution in [0.4, 0.5) is 4.79 Å². The summed E-state index contributed by atoms with van der Waals surface area (Å²) in [6.45, 7) is 6.22. The molecule has 1 aromatic carbocycles. The molecule has 174 valence electrons. The standard InChI is InChI=1S/C20H31N3O6S2/c1-20(2,3)29-19(24)22-12-7-11-17(22)18-10-4-5-13-23(18)31(27,28)16-9-6-8-15(14-16)30(21,25)26/h6,8-9,14,17-18H,4-5,7,10-13H2,1-3H3,(H2,21,25,26)/t17-,18-/m0/s1. The molecule has 2 N–H and O–H groups in total. The minimum atomic E-state index is -4.04. The molecule has 31 heavy (non-hydrogen) atoms. The Hall–Kier alpha value is -1.69. The number of hydrogen-bond donors (Lipinski definition) is 1. The Morgan fingerprint density at radius 1 is 1.00 bits per heavy atom. The molecule has 2 atom stereocenters. The van der Waals surface area contributed by atoms with Crippen LogP contribution in [-0.2, 0) is 24.8 Å². The normalized spacial score (nSPS) is 23.7. The lowest BCUT2D eigenvalue weighted by Crippen LogP contribution is -2.55. The van der Waals surface area contributed by atoms with Gasteiger partial charge in [0.15, 0.2) is 0 Å². The minimum Gasteiger partial charge on any atom is -0.444 e. The largest absolute Gasteiger partial charge is 0.444 e. The summed E-state index contributed by atoms with van der Waals surface area (Å²) in [4.78, 5) is 14.0. The number of nitrogens with two attached hydrogens (primary N) is 1. The first-order valence-corrected chi connectivity index (χ1v) is 13.4. The monoisotopic (exact) mass is 473 g/mol. The summed E-state index contributed by atoms with van der Waals surface area (Å²) in [5.74, 6) is 0. The maximum atomic E-state index is 13.5. The smallest absolute Gasteiger partial charge is 0.410 e. The summed E-state index contributed by atoms with van der Waals surface area (Å²) in [5, 5.41) is 5.18. The van der Waals surface area contributed by atoms with E-state index in [4.69, 9.17) is 9.88 Å². The van der Waals surface area contributed by atoms with Crippen molar-refractivity contribution in [2.75, 3.05) is 13.1 Å². The predicted molar refractivity (Wildman–Crippen MR) is 115 cm³/mol. The van der Waals surface area contributed by atoms with Crippen LogP contribution < -0.4 is 5.14 Å². The van der Waals surface area contributed by atoms with E-state index >= 15 is 0 Å². The van der Waals surface area contributed by atoms with Gasteiger partial charge in [0.05, 0.1) is 15.8 Å². The first-order valence-electron chi connectivity index (χ1n) is 10.4. The van der Waals surface area contributed by atoms with Gasteiger partial charge in [-0.1, -0.05) is 12.5 Å². The summed E-state index contributed by atoms with van der Waals surface area (Å²) in [6, 6.07) is 4.42. The van der Waals surface area contributed by atoms with Gasteiger partial charge in [0.2, 0.25) is 20.0 Å². The number of hydrogen-bond acceptors (Lipinski definition) is 6. The van der Waals surface area contributed by atoms with Crippen molar-refractivity contribution < 1.29 is 26.4 Å². The zero-order chi connectivity index (χ0) is 23.0. The Bertz CT molecular complexity index is 1030. The Labute approximate surface area is 184 Å². The van der Waals surface area contributed by atoms with Gasteiger partial charge < -0.3 is 9.64 Å². The summed E-state index contributed by atoms with van der Waals surface area (Å²) in [6.07, 6.45) is 3.20. The molecule has 1 aromatic rings. The van der Waals surface area contributed by atoms with E-state index in [0.29, 0.717) is 32.4 Å². The Morgan fingerprint density at radius 3 is 2.29 bits per heavy atom. The Morgan fingerprint density at radius 2 is 1.65 bits per heavy atom. The van der Waals surface area contributed by atoms with Crippen molar-refractivity contribution in [1.82, 2.24) is 9.21 Å². The van der Waals surface area contributed by atoms with Crippen LogP contribution in [0.2, 0.25) is 0 Å². The van der Waals surface area contributed by atoms with E-state index in [9.17, 15) is 21.6 Å². The number of carbonyl (C=O) groups excluding carboxylic acids is 1. The third-order valence-electron chi connectivity index (χ3n) is 5.61. The lowest BCUT2D eigenvalue weighted by atomic mass is 9.96. The number of ether oxygens (including phenoxy) is 1. The molecule has 3 rings (SSSR count). The minimum absolute atomic E-state index is 0.118. The Kier molecular flexibility index (Phi) is 6.71. The molecule has 0 aliphatic carbocycles. The lowest BCUT2D eigenvalue weighted by molar-refractivity contribution is 0.0145. The van der Waals surface area contributed by atoms with Gasteiger partial charge in [0.25, 0.3) is 0 Å². The third-order valence-corrected chi connectivity index (χ3v) is 8.44. The van der Waals surface area contributed by atoms with E-state index in [1.54, 1.807) is 25.7 Å². The van der Waals surface area contributed by atoms with Gasteiger partial charge in [0, 0.05) is 19.1 Å². The highest BCUT2D eigenvalue weighted by molar-refractivity contribution is 7.90. The van der Waals surface area contributed by atoms with Gasteiger partial charge in [-0.3, -0.25) is 0 Å². The molecule has 2 fully saturated rings. The molecule has 0 unspecified atom stereocenters. The lowest BCUT2D eigenvalue weighted by Gasteiger charge is -2.41. The van der Waals surface area contributed by atoms with Gasteiger partial charge in [0.1, 0.15) is 5.60 Å². The molecule has 9 nitrogen and oxygen atoms in total. The number of primary sulfonamides is 1. The van der Waals surface area contributed by atoms with Crippen molar-refractivity contribution in [2.24, 2.45) is 5.14 Å². The number of amides is 1. The second kappa shape index (κ2) is 8.68. The quantitative estimate of drug-likeness (QED) is 0.715. The molecule has 0 saturated carbocycles. The van der Waals surface area contributed by atoms with Crippen molar-refractivity contribution in [3.63, 3.8) is 0 Å². The van der Waals surface area contributed by atoms with Crippen LogP contribution in [-0.4, -0.2) is 62.9 Å². The van der Waals surface area contributed by atoms with Crippen molar-refractivity contribution in [3.8, 4) is 0 Å². The van der Waals surface area contributed by atoms with Crippen LogP contribution >= 0.6 is 0 Å². The molecular weight excluding hydrogens is 442 g/mol. The number of sulfonamides is 2. The average Bonchev–Trinajstić information content (AvgIpc) is 3.16. The first kappa shape index (κ1) is 24.0. The molecule has 0 aromatic heterocycles. The van der Waals surface area contributed by atoms with Gasteiger partial charge in [-0.2, -0.15) is 4.31 Å². The number of likely N-dealkylation sites (tertiary alicyclic amines) is 1. The van der Waals surface area contributed by atoms with Crippen molar-refractivity contribution in [2.45, 2.75) is 80.4 Å². The molecular formula is C20H31N3O6S2. The van der Waals surface area contributed by atoms with Crippen LogP contribution in [0.1, 0.15) is 52.9 Å². The SMILES string of the molecule is CC(C)(C)OC(=O)N1CCC[C@H]1[C@@H]1CCCCN1S(=O)(=O)c1cccc(S(N)(=O)=O)c1. The number of carbonyl (C=O) groups is 1. The topological polar surface area (TPSA) is 127 Å². The molecule has 11 heteroatoms. The van der Waals surface area contributed by atoms with Crippen molar-refractivity contribution in [3.05, 3.63) is 24.3 Å². The van der Waals surface area contributed by atoms with Gasteiger partial charge >= 0.3 is 6.09 Å². The van der Waals surface area contributed by atoms with E-state index in [-0.39, 0.29) is 15.8 Å². The second-order valence-electron chi connectivity index (χ2n) is 9.08. The third kappa shape index (κ3) is 5.39.